The topological polar surface area (TPSA) is 35.2 Å². The Kier molecular flexibility index (Phi) is 5.08. The molecule has 1 aromatic carbocycles. The van der Waals surface area contributed by atoms with Crippen LogP contribution in [0.5, 0.6) is 5.75 Å². The number of halogens is 3. The molecule has 1 unspecified atom stereocenters. The van der Waals surface area contributed by atoms with Crippen molar-refractivity contribution in [3.63, 3.8) is 0 Å². The van der Waals surface area contributed by atoms with Crippen LogP contribution < -0.4 is 10.5 Å². The van der Waals surface area contributed by atoms with Crippen molar-refractivity contribution in [1.29, 1.82) is 0 Å². The molecule has 1 aromatic rings. The Morgan fingerprint density at radius 2 is 1.75 bits per heavy atom. The number of hydrogen-bond donors (Lipinski definition) is 1. The first-order chi connectivity index (χ1) is 9.01. The van der Waals surface area contributed by atoms with Crippen LogP contribution in [0.1, 0.15) is 38.8 Å². The summed E-state index contributed by atoms with van der Waals surface area (Å²) >= 11 is 0. The first-order valence-corrected chi connectivity index (χ1v) is 6.61. The number of alkyl halides is 3. The predicted octanol–water partition coefficient (Wildman–Crippen LogP) is 4.02. The summed E-state index contributed by atoms with van der Waals surface area (Å²) in [5, 5.41) is 0. The summed E-state index contributed by atoms with van der Waals surface area (Å²) in [5.41, 5.74) is 6.96. The van der Waals surface area contributed by atoms with Crippen molar-refractivity contribution < 1.29 is 17.9 Å². The van der Waals surface area contributed by atoms with E-state index < -0.39 is 6.36 Å². The normalized spacial score (nSPS) is 14.2. The third kappa shape index (κ3) is 5.41. The van der Waals surface area contributed by atoms with Crippen molar-refractivity contribution in [2.75, 3.05) is 6.54 Å². The van der Waals surface area contributed by atoms with Crippen molar-refractivity contribution >= 4 is 0 Å². The molecule has 0 aliphatic heterocycles. The van der Waals surface area contributed by atoms with Crippen molar-refractivity contribution in [3.8, 4) is 5.75 Å². The Hall–Kier alpha value is -1.23. The molecule has 0 aliphatic carbocycles. The molecule has 0 aliphatic rings. The molecule has 0 heterocycles. The summed E-state index contributed by atoms with van der Waals surface area (Å²) in [7, 11) is 0. The molecule has 0 saturated heterocycles. The van der Waals surface area contributed by atoms with Gasteiger partial charge in [0.15, 0.2) is 0 Å². The average Bonchev–Trinajstić information content (AvgIpc) is 2.24. The van der Waals surface area contributed by atoms with Crippen LogP contribution in [0.2, 0.25) is 0 Å². The van der Waals surface area contributed by atoms with Crippen LogP contribution in [0.3, 0.4) is 0 Å². The van der Waals surface area contributed by atoms with Crippen molar-refractivity contribution in [2.24, 2.45) is 11.7 Å². The Labute approximate surface area is 118 Å². The van der Waals surface area contributed by atoms with E-state index in [2.05, 4.69) is 4.74 Å². The molecule has 0 fully saturated rings. The van der Waals surface area contributed by atoms with E-state index in [1.165, 1.54) is 12.1 Å². The molecular formula is C15H22F3NO. The van der Waals surface area contributed by atoms with Gasteiger partial charge in [0.2, 0.25) is 0 Å². The second kappa shape index (κ2) is 6.04. The molecule has 0 radical (unpaired) electrons. The highest BCUT2D eigenvalue weighted by Crippen LogP contribution is 2.31. The van der Waals surface area contributed by atoms with Crippen molar-refractivity contribution in [3.05, 3.63) is 29.3 Å². The van der Waals surface area contributed by atoms with Gasteiger partial charge in [0.1, 0.15) is 5.75 Å². The molecular weight excluding hydrogens is 267 g/mol. The zero-order valence-corrected chi connectivity index (χ0v) is 12.3. The lowest BCUT2D eigenvalue weighted by atomic mass is 9.85. The van der Waals surface area contributed by atoms with Gasteiger partial charge in [-0.1, -0.05) is 33.8 Å². The minimum atomic E-state index is -4.67. The van der Waals surface area contributed by atoms with Gasteiger partial charge in [0.05, 0.1) is 0 Å². The smallest absolute Gasteiger partial charge is 0.406 e. The molecule has 0 amide bonds. The Morgan fingerprint density at radius 3 is 2.20 bits per heavy atom. The maximum Gasteiger partial charge on any atom is 0.573 e. The monoisotopic (exact) mass is 289 g/mol. The largest absolute Gasteiger partial charge is 0.573 e. The average molecular weight is 289 g/mol. The lowest BCUT2D eigenvalue weighted by Crippen LogP contribution is -2.19. The van der Waals surface area contributed by atoms with E-state index in [0.29, 0.717) is 13.0 Å². The highest BCUT2D eigenvalue weighted by molar-refractivity contribution is 5.38. The molecule has 0 saturated carbocycles. The van der Waals surface area contributed by atoms with E-state index in [4.69, 9.17) is 5.73 Å². The first kappa shape index (κ1) is 16.8. The molecule has 1 rings (SSSR count). The maximum atomic E-state index is 12.4. The molecule has 1 atom stereocenters. The quantitative estimate of drug-likeness (QED) is 0.908. The number of hydrogen-bond acceptors (Lipinski definition) is 2. The number of rotatable bonds is 4. The lowest BCUT2D eigenvalue weighted by molar-refractivity contribution is -0.274. The fourth-order valence-corrected chi connectivity index (χ4v) is 1.89. The SMILES string of the molecule is CC(CN)Cc1cc(OC(F)(F)F)cc(C(C)(C)C)c1. The number of benzene rings is 1. The van der Waals surface area contributed by atoms with Gasteiger partial charge < -0.3 is 10.5 Å². The van der Waals surface area contributed by atoms with Crippen molar-refractivity contribution in [2.45, 2.75) is 45.9 Å². The Bertz CT molecular complexity index is 449. The van der Waals surface area contributed by atoms with E-state index in [0.717, 1.165) is 11.1 Å². The Morgan fingerprint density at radius 1 is 1.15 bits per heavy atom. The van der Waals surface area contributed by atoms with E-state index >= 15 is 0 Å². The highest BCUT2D eigenvalue weighted by atomic mass is 19.4. The van der Waals surface area contributed by atoms with Gasteiger partial charge in [-0.05, 0) is 47.6 Å². The van der Waals surface area contributed by atoms with E-state index in [1.54, 1.807) is 0 Å². The number of ether oxygens (including phenoxy) is 1. The highest BCUT2D eigenvalue weighted by Gasteiger charge is 2.31. The summed E-state index contributed by atoms with van der Waals surface area (Å²) in [6.45, 7) is 8.32. The van der Waals surface area contributed by atoms with Crippen LogP contribution in [-0.4, -0.2) is 12.9 Å². The molecule has 2 nitrogen and oxygen atoms in total. The third-order valence-corrected chi connectivity index (χ3v) is 3.05. The van der Waals surface area contributed by atoms with Crippen LogP contribution in [0.15, 0.2) is 18.2 Å². The Balaban J connectivity index is 3.14. The summed E-state index contributed by atoms with van der Waals surface area (Å²) < 4.78 is 41.2. The van der Waals surface area contributed by atoms with E-state index in [9.17, 15) is 13.2 Å². The van der Waals surface area contributed by atoms with Gasteiger partial charge in [-0.25, -0.2) is 0 Å². The maximum absolute atomic E-state index is 12.4. The van der Waals surface area contributed by atoms with Gasteiger partial charge in [0, 0.05) is 0 Å². The minimum absolute atomic E-state index is 0.163. The summed E-state index contributed by atoms with van der Waals surface area (Å²) in [6.07, 6.45) is -4.04. The summed E-state index contributed by atoms with van der Waals surface area (Å²) in [5.74, 6) is 0.0492. The minimum Gasteiger partial charge on any atom is -0.406 e. The third-order valence-electron chi connectivity index (χ3n) is 3.05. The molecule has 2 N–H and O–H groups in total. The van der Waals surface area contributed by atoms with Crippen LogP contribution in [-0.2, 0) is 11.8 Å². The molecule has 0 aromatic heterocycles. The molecule has 20 heavy (non-hydrogen) atoms. The fourth-order valence-electron chi connectivity index (χ4n) is 1.89. The van der Waals surface area contributed by atoms with Crippen LogP contribution >= 0.6 is 0 Å². The van der Waals surface area contributed by atoms with Gasteiger partial charge in [0.25, 0.3) is 0 Å². The molecule has 0 spiro atoms. The molecule has 5 heteroatoms. The zero-order valence-electron chi connectivity index (χ0n) is 12.3. The fraction of sp³-hybridized carbons (Fsp3) is 0.600. The summed E-state index contributed by atoms with van der Waals surface area (Å²) in [6, 6.07) is 4.81. The van der Waals surface area contributed by atoms with Gasteiger partial charge >= 0.3 is 6.36 Å². The van der Waals surface area contributed by atoms with Gasteiger partial charge in [-0.3, -0.25) is 0 Å². The van der Waals surface area contributed by atoms with Crippen LogP contribution in [0.4, 0.5) is 13.2 Å². The van der Waals surface area contributed by atoms with Crippen molar-refractivity contribution in [1.82, 2.24) is 0 Å². The van der Waals surface area contributed by atoms with Gasteiger partial charge in [-0.2, -0.15) is 0 Å². The summed E-state index contributed by atoms with van der Waals surface area (Å²) in [4.78, 5) is 0. The standard InChI is InChI=1S/C15H22F3NO/c1-10(9-19)5-11-6-12(14(2,3)4)8-13(7-11)20-15(16,17)18/h6-8,10H,5,9,19H2,1-4H3. The first-order valence-electron chi connectivity index (χ1n) is 6.61. The second-order valence-electron chi connectivity index (χ2n) is 6.21. The van der Waals surface area contributed by atoms with E-state index in [-0.39, 0.29) is 17.1 Å². The van der Waals surface area contributed by atoms with E-state index in [1.807, 2.05) is 33.8 Å². The molecule has 114 valence electrons. The van der Waals surface area contributed by atoms with Crippen LogP contribution in [0, 0.1) is 5.92 Å². The van der Waals surface area contributed by atoms with Gasteiger partial charge in [-0.15, -0.1) is 13.2 Å². The second-order valence-corrected chi connectivity index (χ2v) is 6.21. The molecule has 0 bridgehead atoms. The lowest BCUT2D eigenvalue weighted by Gasteiger charge is -2.22. The van der Waals surface area contributed by atoms with Crippen LogP contribution in [0.25, 0.3) is 0 Å². The predicted molar refractivity (Wildman–Crippen MR) is 73.7 cm³/mol. The number of nitrogens with two attached hydrogens (primary N) is 1. The zero-order chi connectivity index (χ0) is 15.6.